The summed E-state index contributed by atoms with van der Waals surface area (Å²) in [6.45, 7) is 5.13. The Bertz CT molecular complexity index is 312. The van der Waals surface area contributed by atoms with Crippen LogP contribution in [0.5, 0.6) is 5.75 Å². The first kappa shape index (κ1) is 13.8. The lowest BCUT2D eigenvalue weighted by molar-refractivity contribution is 0.127. The molecule has 1 heterocycles. The number of nitrogens with zero attached hydrogens (tertiary/aromatic N) is 1. The lowest BCUT2D eigenvalue weighted by atomic mass is 9.83. The van der Waals surface area contributed by atoms with Crippen LogP contribution in [0.3, 0.4) is 0 Å². The highest BCUT2D eigenvalue weighted by Gasteiger charge is 2.24. The van der Waals surface area contributed by atoms with Gasteiger partial charge in [0.25, 0.3) is 0 Å². The van der Waals surface area contributed by atoms with Gasteiger partial charge in [-0.2, -0.15) is 0 Å². The Hall–Kier alpha value is -1.29. The number of hydrogen-bond donors (Lipinski definition) is 2. The molecule has 0 saturated heterocycles. The van der Waals surface area contributed by atoms with E-state index in [9.17, 15) is 5.11 Å². The molecule has 0 saturated carbocycles. The first-order valence-corrected chi connectivity index (χ1v) is 6.04. The van der Waals surface area contributed by atoms with Gasteiger partial charge in [0, 0.05) is 12.0 Å². The van der Waals surface area contributed by atoms with Crippen LogP contribution < -0.4 is 10.1 Å². The van der Waals surface area contributed by atoms with Gasteiger partial charge in [-0.1, -0.05) is 13.8 Å². The van der Waals surface area contributed by atoms with E-state index in [0.717, 1.165) is 31.0 Å². The molecule has 0 spiro atoms. The minimum Gasteiger partial charge on any atom is -0.495 e. The predicted octanol–water partition coefficient (Wildman–Crippen LogP) is 2.30. The molecule has 0 aliphatic rings. The van der Waals surface area contributed by atoms with Crippen molar-refractivity contribution in [2.24, 2.45) is 5.41 Å². The van der Waals surface area contributed by atoms with E-state index in [4.69, 9.17) is 4.74 Å². The smallest absolute Gasteiger partial charge is 0.137 e. The van der Waals surface area contributed by atoms with Gasteiger partial charge in [-0.3, -0.25) is 0 Å². The van der Waals surface area contributed by atoms with Crippen molar-refractivity contribution < 1.29 is 9.84 Å². The van der Waals surface area contributed by atoms with Crippen LogP contribution in [0.15, 0.2) is 18.3 Å². The molecule has 1 aromatic rings. The zero-order valence-electron chi connectivity index (χ0n) is 10.9. The van der Waals surface area contributed by atoms with E-state index in [1.165, 1.54) is 0 Å². The Morgan fingerprint density at radius 2 is 2.06 bits per heavy atom. The molecule has 0 aromatic carbocycles. The maximum atomic E-state index is 9.46. The molecule has 0 aliphatic heterocycles. The van der Waals surface area contributed by atoms with Gasteiger partial charge in [0.15, 0.2) is 0 Å². The van der Waals surface area contributed by atoms with Gasteiger partial charge >= 0.3 is 0 Å². The van der Waals surface area contributed by atoms with Gasteiger partial charge in [-0.15, -0.1) is 0 Å². The van der Waals surface area contributed by atoms with E-state index in [-0.39, 0.29) is 12.0 Å². The Labute approximate surface area is 103 Å². The van der Waals surface area contributed by atoms with Crippen LogP contribution >= 0.6 is 0 Å². The van der Waals surface area contributed by atoms with E-state index >= 15 is 0 Å². The normalized spacial score (nSPS) is 11.3. The molecular formula is C13H22N2O2. The molecule has 1 rings (SSSR count). The number of rotatable bonds is 7. The lowest BCUT2D eigenvalue weighted by Crippen LogP contribution is -2.32. The number of ether oxygens (including phenoxy) is 1. The van der Waals surface area contributed by atoms with Crippen molar-refractivity contribution in [3.05, 3.63) is 18.3 Å². The van der Waals surface area contributed by atoms with Crippen molar-refractivity contribution >= 4 is 5.82 Å². The third-order valence-electron chi connectivity index (χ3n) is 3.45. The average molecular weight is 238 g/mol. The van der Waals surface area contributed by atoms with Gasteiger partial charge in [-0.25, -0.2) is 4.98 Å². The van der Waals surface area contributed by atoms with Crippen LogP contribution in [0, 0.1) is 5.41 Å². The standard InChI is InChI=1S/C13H22N2O2/c1-4-13(5-2,10-16)9-15-12-7-6-11(17-3)8-14-12/h6-8,16H,4-5,9-10H2,1-3H3,(H,14,15). The summed E-state index contributed by atoms with van der Waals surface area (Å²) in [4.78, 5) is 4.24. The van der Waals surface area contributed by atoms with Crippen molar-refractivity contribution in [2.75, 3.05) is 25.6 Å². The van der Waals surface area contributed by atoms with Crippen LogP contribution in [0.2, 0.25) is 0 Å². The first-order chi connectivity index (χ1) is 8.19. The van der Waals surface area contributed by atoms with Gasteiger partial charge in [0.2, 0.25) is 0 Å². The number of aromatic nitrogens is 1. The van der Waals surface area contributed by atoms with Gasteiger partial charge in [-0.05, 0) is 25.0 Å². The van der Waals surface area contributed by atoms with Crippen LogP contribution in [-0.2, 0) is 0 Å². The summed E-state index contributed by atoms with van der Waals surface area (Å²) in [5.41, 5.74) is -0.0540. The van der Waals surface area contributed by atoms with Crippen LogP contribution in [0.1, 0.15) is 26.7 Å². The van der Waals surface area contributed by atoms with Gasteiger partial charge in [0.05, 0.1) is 19.9 Å². The van der Waals surface area contributed by atoms with E-state index in [0.29, 0.717) is 0 Å². The van der Waals surface area contributed by atoms with E-state index < -0.39 is 0 Å². The molecule has 0 unspecified atom stereocenters. The molecule has 0 bridgehead atoms. The van der Waals surface area contributed by atoms with Gasteiger partial charge in [0.1, 0.15) is 11.6 Å². The molecule has 0 atom stereocenters. The number of nitrogens with one attached hydrogen (secondary N) is 1. The molecule has 0 fully saturated rings. The van der Waals surface area contributed by atoms with Crippen molar-refractivity contribution in [2.45, 2.75) is 26.7 Å². The Morgan fingerprint density at radius 3 is 2.47 bits per heavy atom. The van der Waals surface area contributed by atoms with Crippen molar-refractivity contribution in [1.29, 1.82) is 0 Å². The molecule has 2 N–H and O–H groups in total. The summed E-state index contributed by atoms with van der Waals surface area (Å²) in [5.74, 6) is 1.56. The quantitative estimate of drug-likeness (QED) is 0.765. The van der Waals surface area contributed by atoms with Gasteiger partial charge < -0.3 is 15.2 Å². The minimum absolute atomic E-state index is 0.0540. The summed E-state index contributed by atoms with van der Waals surface area (Å²) < 4.78 is 5.05. The number of aliphatic hydroxyl groups is 1. The molecule has 4 nitrogen and oxygen atoms in total. The highest BCUT2D eigenvalue weighted by atomic mass is 16.5. The summed E-state index contributed by atoms with van der Waals surface area (Å²) in [7, 11) is 1.62. The largest absolute Gasteiger partial charge is 0.495 e. The molecule has 0 amide bonds. The highest BCUT2D eigenvalue weighted by molar-refractivity contribution is 5.37. The Kier molecular flexibility index (Phi) is 5.22. The van der Waals surface area contributed by atoms with Crippen molar-refractivity contribution in [1.82, 2.24) is 4.98 Å². The number of hydrogen-bond acceptors (Lipinski definition) is 4. The molecule has 0 radical (unpaired) electrons. The third-order valence-corrected chi connectivity index (χ3v) is 3.45. The fourth-order valence-electron chi connectivity index (χ4n) is 1.66. The fraction of sp³-hybridized carbons (Fsp3) is 0.615. The molecule has 1 aromatic heterocycles. The summed E-state index contributed by atoms with van der Waals surface area (Å²) in [5, 5.41) is 12.7. The Morgan fingerprint density at radius 1 is 1.35 bits per heavy atom. The molecular weight excluding hydrogens is 216 g/mol. The first-order valence-electron chi connectivity index (χ1n) is 6.04. The number of pyridine rings is 1. The number of anilines is 1. The number of methoxy groups -OCH3 is 1. The SMILES string of the molecule is CCC(CC)(CO)CNc1ccc(OC)cn1. The fourth-order valence-corrected chi connectivity index (χ4v) is 1.66. The topological polar surface area (TPSA) is 54.4 Å². The second kappa shape index (κ2) is 6.45. The second-order valence-corrected chi connectivity index (χ2v) is 4.30. The highest BCUT2D eigenvalue weighted by Crippen LogP contribution is 2.25. The van der Waals surface area contributed by atoms with Crippen LogP contribution in [0.25, 0.3) is 0 Å². The molecule has 4 heteroatoms. The lowest BCUT2D eigenvalue weighted by Gasteiger charge is -2.29. The van der Waals surface area contributed by atoms with Crippen LogP contribution in [-0.4, -0.2) is 30.4 Å². The van der Waals surface area contributed by atoms with Crippen LogP contribution in [0.4, 0.5) is 5.82 Å². The number of aliphatic hydroxyl groups excluding tert-OH is 1. The zero-order chi connectivity index (χ0) is 12.7. The average Bonchev–Trinajstić information content (AvgIpc) is 2.41. The van der Waals surface area contributed by atoms with E-state index in [2.05, 4.69) is 24.1 Å². The second-order valence-electron chi connectivity index (χ2n) is 4.30. The minimum atomic E-state index is -0.0540. The summed E-state index contributed by atoms with van der Waals surface area (Å²) >= 11 is 0. The molecule has 0 aliphatic carbocycles. The monoisotopic (exact) mass is 238 g/mol. The van der Waals surface area contributed by atoms with Crippen molar-refractivity contribution in [3.8, 4) is 5.75 Å². The van der Waals surface area contributed by atoms with E-state index in [1.807, 2.05) is 12.1 Å². The zero-order valence-corrected chi connectivity index (χ0v) is 10.9. The summed E-state index contributed by atoms with van der Waals surface area (Å²) in [6, 6.07) is 3.75. The third kappa shape index (κ3) is 3.60. The maximum Gasteiger partial charge on any atom is 0.137 e. The van der Waals surface area contributed by atoms with Crippen molar-refractivity contribution in [3.63, 3.8) is 0 Å². The summed E-state index contributed by atoms with van der Waals surface area (Å²) in [6.07, 6.45) is 3.58. The maximum absolute atomic E-state index is 9.46. The Balaban J connectivity index is 2.59. The molecule has 17 heavy (non-hydrogen) atoms. The van der Waals surface area contributed by atoms with E-state index in [1.54, 1.807) is 13.3 Å². The molecule has 96 valence electrons. The predicted molar refractivity (Wildman–Crippen MR) is 69.4 cm³/mol.